The molecule has 0 saturated carbocycles. The molecule has 2 N–H and O–H groups in total. The number of aromatic nitrogens is 1. The Labute approximate surface area is 130 Å². The zero-order valence-corrected chi connectivity index (χ0v) is 13.3. The lowest BCUT2D eigenvalue weighted by molar-refractivity contribution is 0.102. The highest BCUT2D eigenvalue weighted by molar-refractivity contribution is 9.10. The number of aryl methyl sites for hydroxylation is 1. The summed E-state index contributed by atoms with van der Waals surface area (Å²) < 4.78 is 0.726. The molecule has 0 fully saturated rings. The fourth-order valence-corrected chi connectivity index (χ4v) is 2.51. The van der Waals surface area contributed by atoms with Gasteiger partial charge in [-0.3, -0.25) is 9.78 Å². The van der Waals surface area contributed by atoms with Crippen LogP contribution in [-0.4, -0.2) is 17.9 Å². The van der Waals surface area contributed by atoms with E-state index in [0.717, 1.165) is 15.9 Å². The highest BCUT2D eigenvalue weighted by Crippen LogP contribution is 2.27. The van der Waals surface area contributed by atoms with Gasteiger partial charge in [0.15, 0.2) is 0 Å². The maximum absolute atomic E-state index is 12.3. The average molecular weight is 355 g/mol. The number of halogens is 2. The van der Waals surface area contributed by atoms with Gasteiger partial charge < -0.3 is 10.6 Å². The van der Waals surface area contributed by atoms with Gasteiger partial charge in [0.25, 0.3) is 5.91 Å². The minimum Gasteiger partial charge on any atom is -0.387 e. The van der Waals surface area contributed by atoms with E-state index < -0.39 is 0 Å². The summed E-state index contributed by atoms with van der Waals surface area (Å²) in [5.74, 6) is -0.232. The summed E-state index contributed by atoms with van der Waals surface area (Å²) in [7, 11) is 1.77. The second kappa shape index (κ2) is 6.24. The van der Waals surface area contributed by atoms with Crippen LogP contribution in [0.15, 0.2) is 34.9 Å². The van der Waals surface area contributed by atoms with Crippen molar-refractivity contribution in [2.24, 2.45) is 0 Å². The van der Waals surface area contributed by atoms with E-state index in [9.17, 15) is 4.79 Å². The summed E-state index contributed by atoms with van der Waals surface area (Å²) >= 11 is 9.24. The Morgan fingerprint density at radius 3 is 2.70 bits per heavy atom. The quantitative estimate of drug-likeness (QED) is 0.872. The highest BCUT2D eigenvalue weighted by atomic mass is 79.9. The molecule has 1 heterocycles. The summed E-state index contributed by atoms with van der Waals surface area (Å²) in [5, 5.41) is 6.42. The number of rotatable bonds is 3. The first kappa shape index (κ1) is 14.8. The molecule has 1 amide bonds. The third kappa shape index (κ3) is 3.29. The first-order chi connectivity index (χ1) is 9.51. The molecule has 0 spiro atoms. The average Bonchev–Trinajstić information content (AvgIpc) is 2.41. The van der Waals surface area contributed by atoms with Gasteiger partial charge in [0, 0.05) is 28.4 Å². The van der Waals surface area contributed by atoms with Crippen LogP contribution >= 0.6 is 27.5 Å². The van der Waals surface area contributed by atoms with E-state index >= 15 is 0 Å². The van der Waals surface area contributed by atoms with Crippen molar-refractivity contribution >= 4 is 44.8 Å². The van der Waals surface area contributed by atoms with Crippen LogP contribution in [-0.2, 0) is 0 Å². The van der Waals surface area contributed by atoms with Gasteiger partial charge in [0.1, 0.15) is 0 Å². The van der Waals surface area contributed by atoms with Gasteiger partial charge in [-0.15, -0.1) is 0 Å². The topological polar surface area (TPSA) is 54.0 Å². The lowest BCUT2D eigenvalue weighted by atomic mass is 10.2. The predicted octanol–water partition coefficient (Wildman–Crippen LogP) is 4.10. The van der Waals surface area contributed by atoms with Gasteiger partial charge in [-0.2, -0.15) is 0 Å². The molecule has 4 nitrogen and oxygen atoms in total. The Bertz CT molecular complexity index is 661. The van der Waals surface area contributed by atoms with E-state index in [4.69, 9.17) is 11.6 Å². The molecule has 104 valence electrons. The van der Waals surface area contributed by atoms with Gasteiger partial charge in [0.05, 0.1) is 16.9 Å². The number of anilines is 2. The molecule has 0 radical (unpaired) electrons. The Morgan fingerprint density at radius 1 is 1.30 bits per heavy atom. The van der Waals surface area contributed by atoms with Crippen LogP contribution in [0.4, 0.5) is 11.4 Å². The Hall–Kier alpha value is -1.59. The number of carbonyl (C=O) groups is 1. The molecule has 6 heteroatoms. The van der Waals surface area contributed by atoms with Gasteiger partial charge in [0.2, 0.25) is 0 Å². The van der Waals surface area contributed by atoms with Gasteiger partial charge in [-0.25, -0.2) is 0 Å². The summed E-state index contributed by atoms with van der Waals surface area (Å²) in [6, 6.07) is 7.01. The molecule has 0 aliphatic carbocycles. The number of amides is 1. The molecule has 1 aromatic carbocycles. The van der Waals surface area contributed by atoms with Crippen molar-refractivity contribution in [3.05, 3.63) is 51.2 Å². The summed E-state index contributed by atoms with van der Waals surface area (Å²) in [6.45, 7) is 1.87. The Balaban J connectivity index is 2.28. The molecule has 1 aromatic heterocycles. The Morgan fingerprint density at radius 2 is 2.05 bits per heavy atom. The largest absolute Gasteiger partial charge is 0.387 e. The molecule has 0 atom stereocenters. The molecule has 0 unspecified atom stereocenters. The van der Waals surface area contributed by atoms with Gasteiger partial charge in [-0.1, -0.05) is 11.6 Å². The monoisotopic (exact) mass is 353 g/mol. The molecular weight excluding hydrogens is 342 g/mol. The van der Waals surface area contributed by atoms with E-state index in [1.165, 1.54) is 0 Å². The second-order valence-corrected chi connectivity index (χ2v) is 5.49. The Kier molecular flexibility index (Phi) is 4.62. The molecule has 20 heavy (non-hydrogen) atoms. The van der Waals surface area contributed by atoms with Crippen molar-refractivity contribution in [1.82, 2.24) is 4.98 Å². The SMILES string of the molecule is CNc1cc(C)ncc1C(=O)Nc1ccc(Cl)cc1Br. The number of nitrogens with zero attached hydrogens (tertiary/aromatic N) is 1. The van der Waals surface area contributed by atoms with Crippen LogP contribution in [0, 0.1) is 6.92 Å². The van der Waals surface area contributed by atoms with Crippen molar-refractivity contribution in [2.45, 2.75) is 6.92 Å². The van der Waals surface area contributed by atoms with Crippen LogP contribution in [0.5, 0.6) is 0 Å². The van der Waals surface area contributed by atoms with E-state index in [1.54, 1.807) is 31.4 Å². The number of hydrogen-bond acceptors (Lipinski definition) is 3. The lowest BCUT2D eigenvalue weighted by Gasteiger charge is -2.11. The molecule has 2 aromatic rings. The molecule has 0 aliphatic rings. The fraction of sp³-hybridized carbons (Fsp3) is 0.143. The molecule has 0 bridgehead atoms. The van der Waals surface area contributed by atoms with Crippen molar-refractivity contribution in [2.75, 3.05) is 17.7 Å². The van der Waals surface area contributed by atoms with Crippen LogP contribution in [0.25, 0.3) is 0 Å². The highest BCUT2D eigenvalue weighted by Gasteiger charge is 2.13. The number of nitrogens with one attached hydrogen (secondary N) is 2. The number of benzene rings is 1. The van der Waals surface area contributed by atoms with Crippen molar-refractivity contribution in [3.8, 4) is 0 Å². The first-order valence-corrected chi connectivity index (χ1v) is 7.09. The predicted molar refractivity (Wildman–Crippen MR) is 85.6 cm³/mol. The van der Waals surface area contributed by atoms with E-state index in [0.29, 0.717) is 16.3 Å². The lowest BCUT2D eigenvalue weighted by Crippen LogP contribution is -2.15. The standard InChI is InChI=1S/C14H13BrClN3O/c1-8-5-13(17-2)10(7-18-8)14(20)19-12-4-3-9(16)6-11(12)15/h3-7H,1-2H3,(H,17,18)(H,19,20). The van der Waals surface area contributed by atoms with Crippen LogP contribution < -0.4 is 10.6 Å². The van der Waals surface area contributed by atoms with E-state index in [-0.39, 0.29) is 5.91 Å². The molecular formula is C14H13BrClN3O. The maximum Gasteiger partial charge on any atom is 0.259 e. The third-order valence-corrected chi connectivity index (χ3v) is 3.63. The van der Waals surface area contributed by atoms with E-state index in [2.05, 4.69) is 31.5 Å². The minimum atomic E-state index is -0.232. The number of pyridine rings is 1. The fourth-order valence-electron chi connectivity index (χ4n) is 1.73. The van der Waals surface area contributed by atoms with Crippen LogP contribution in [0.3, 0.4) is 0 Å². The molecule has 0 saturated heterocycles. The third-order valence-electron chi connectivity index (χ3n) is 2.73. The van der Waals surface area contributed by atoms with Crippen molar-refractivity contribution < 1.29 is 4.79 Å². The molecule has 2 rings (SSSR count). The van der Waals surface area contributed by atoms with Crippen LogP contribution in [0.1, 0.15) is 16.1 Å². The second-order valence-electron chi connectivity index (χ2n) is 4.20. The number of hydrogen-bond donors (Lipinski definition) is 2. The van der Waals surface area contributed by atoms with Crippen molar-refractivity contribution in [3.63, 3.8) is 0 Å². The maximum atomic E-state index is 12.3. The summed E-state index contributed by atoms with van der Waals surface area (Å²) in [6.07, 6.45) is 1.56. The van der Waals surface area contributed by atoms with Gasteiger partial charge in [-0.05, 0) is 47.1 Å². The summed E-state index contributed by atoms with van der Waals surface area (Å²) in [4.78, 5) is 16.5. The van der Waals surface area contributed by atoms with Crippen molar-refractivity contribution in [1.29, 1.82) is 0 Å². The smallest absolute Gasteiger partial charge is 0.259 e. The zero-order valence-electron chi connectivity index (χ0n) is 11.0. The first-order valence-electron chi connectivity index (χ1n) is 5.92. The minimum absolute atomic E-state index is 0.232. The van der Waals surface area contributed by atoms with Gasteiger partial charge >= 0.3 is 0 Å². The normalized spacial score (nSPS) is 10.2. The zero-order chi connectivity index (χ0) is 14.7. The van der Waals surface area contributed by atoms with E-state index in [1.807, 2.05) is 13.0 Å². The molecule has 0 aliphatic heterocycles. The van der Waals surface area contributed by atoms with Crippen LogP contribution in [0.2, 0.25) is 5.02 Å². The summed E-state index contributed by atoms with van der Waals surface area (Å²) in [5.41, 5.74) is 2.72. The number of carbonyl (C=O) groups excluding carboxylic acids is 1.